The summed E-state index contributed by atoms with van der Waals surface area (Å²) in [5.74, 6) is 2.18. The maximum atomic E-state index is 12.1. The molecule has 2 rings (SSSR count). The molecule has 0 aliphatic carbocycles. The van der Waals surface area contributed by atoms with Crippen LogP contribution in [0.5, 0.6) is 0 Å². The van der Waals surface area contributed by atoms with Gasteiger partial charge in [-0.05, 0) is 17.8 Å². The summed E-state index contributed by atoms with van der Waals surface area (Å²) in [5.41, 5.74) is 0.0814. The van der Waals surface area contributed by atoms with E-state index in [9.17, 15) is 4.79 Å². The third-order valence-electron chi connectivity index (χ3n) is 4.78. The average Bonchev–Trinajstić information content (AvgIpc) is 2.87. The molecule has 7 nitrogen and oxygen atoms in total. The van der Waals surface area contributed by atoms with Crippen LogP contribution in [0.15, 0.2) is 0 Å². The molecule has 1 aliphatic heterocycles. The number of nitrogens with zero attached hydrogens (tertiary/aromatic N) is 3. The molecular formula is C16H29N5O2. The van der Waals surface area contributed by atoms with Crippen LogP contribution in [0.2, 0.25) is 0 Å². The lowest BCUT2D eigenvalue weighted by Crippen LogP contribution is -2.48. The summed E-state index contributed by atoms with van der Waals surface area (Å²) >= 11 is 0. The first-order valence-corrected chi connectivity index (χ1v) is 8.27. The van der Waals surface area contributed by atoms with Gasteiger partial charge in [0.2, 0.25) is 0 Å². The summed E-state index contributed by atoms with van der Waals surface area (Å²) in [6.07, 6.45) is 1.70. The molecule has 7 heteroatoms. The lowest BCUT2D eigenvalue weighted by molar-refractivity contribution is 0.177. The first kappa shape index (κ1) is 17.7. The molecule has 1 unspecified atom stereocenters. The minimum Gasteiger partial charge on any atom is -0.377 e. The van der Waals surface area contributed by atoms with Crippen molar-refractivity contribution in [2.75, 3.05) is 13.7 Å². The fraction of sp³-hybridized carbons (Fsp3) is 0.812. The molecule has 0 radical (unpaired) electrons. The largest absolute Gasteiger partial charge is 0.377 e. The number of hydrogen-bond acceptors (Lipinski definition) is 4. The maximum absolute atomic E-state index is 12.1. The summed E-state index contributed by atoms with van der Waals surface area (Å²) in [5, 5.41) is 10.4. The molecule has 0 bridgehead atoms. The summed E-state index contributed by atoms with van der Waals surface area (Å²) in [6.45, 7) is 10.4. The minimum atomic E-state index is -0.107. The Bertz CT molecular complexity index is 539. The monoisotopic (exact) mass is 323 g/mol. The summed E-state index contributed by atoms with van der Waals surface area (Å²) < 4.78 is 6.94. The molecule has 2 N–H and O–H groups in total. The number of carbonyl (C=O) groups excluding carboxylic acids is 1. The van der Waals surface area contributed by atoms with E-state index in [0.29, 0.717) is 31.4 Å². The number of aryl methyl sites for hydroxylation is 1. The number of aromatic nitrogens is 3. The Morgan fingerprint density at radius 1 is 1.48 bits per heavy atom. The van der Waals surface area contributed by atoms with Crippen LogP contribution in [0, 0.1) is 11.3 Å². The van der Waals surface area contributed by atoms with Gasteiger partial charge in [-0.2, -0.15) is 5.10 Å². The van der Waals surface area contributed by atoms with Crippen molar-refractivity contribution < 1.29 is 9.53 Å². The van der Waals surface area contributed by atoms with Gasteiger partial charge in [0.1, 0.15) is 12.4 Å². The highest BCUT2D eigenvalue weighted by Gasteiger charge is 2.25. The van der Waals surface area contributed by atoms with E-state index in [0.717, 1.165) is 18.7 Å². The van der Waals surface area contributed by atoms with Gasteiger partial charge in [0, 0.05) is 20.1 Å². The molecule has 1 aliphatic rings. The molecule has 23 heavy (non-hydrogen) atoms. The zero-order chi connectivity index (χ0) is 17.0. The van der Waals surface area contributed by atoms with Gasteiger partial charge in [-0.25, -0.2) is 14.5 Å². The van der Waals surface area contributed by atoms with Crippen molar-refractivity contribution in [3.05, 3.63) is 11.6 Å². The Kier molecular flexibility index (Phi) is 5.62. The second kappa shape index (κ2) is 7.29. The zero-order valence-corrected chi connectivity index (χ0v) is 14.8. The number of urea groups is 1. The molecule has 0 saturated carbocycles. The smallest absolute Gasteiger partial charge is 0.315 e. The summed E-state index contributed by atoms with van der Waals surface area (Å²) in [4.78, 5) is 16.6. The molecule has 2 amide bonds. The molecule has 0 aromatic carbocycles. The Balaban J connectivity index is 1.83. The van der Waals surface area contributed by atoms with Crippen molar-refractivity contribution in [2.45, 2.75) is 59.7 Å². The van der Waals surface area contributed by atoms with Gasteiger partial charge in [0.05, 0.1) is 12.6 Å². The van der Waals surface area contributed by atoms with Gasteiger partial charge in [-0.3, -0.25) is 0 Å². The number of carbonyl (C=O) groups is 1. The first-order valence-electron chi connectivity index (χ1n) is 8.27. The Morgan fingerprint density at radius 3 is 2.87 bits per heavy atom. The first-order chi connectivity index (χ1) is 10.8. The van der Waals surface area contributed by atoms with E-state index in [1.807, 2.05) is 4.68 Å². The van der Waals surface area contributed by atoms with Crippen LogP contribution in [0.1, 0.15) is 45.8 Å². The number of fused-ring (bicyclic) bond motifs is 1. The second-order valence-electron chi connectivity index (χ2n) is 7.27. The quantitative estimate of drug-likeness (QED) is 0.835. The Labute approximate surface area is 138 Å². The van der Waals surface area contributed by atoms with Gasteiger partial charge in [-0.1, -0.05) is 27.7 Å². The number of rotatable bonds is 6. The Morgan fingerprint density at radius 2 is 2.22 bits per heavy atom. The number of amides is 2. The molecule has 2 heterocycles. The predicted octanol–water partition coefficient (Wildman–Crippen LogP) is 1.72. The fourth-order valence-electron chi connectivity index (χ4n) is 2.42. The van der Waals surface area contributed by atoms with E-state index in [1.165, 1.54) is 0 Å². The van der Waals surface area contributed by atoms with Crippen molar-refractivity contribution >= 4 is 6.03 Å². The SMILES string of the molecule is COCc1nc2n(n1)CC(NC(=O)NCC(C)(C)C(C)C)CC2. The van der Waals surface area contributed by atoms with Gasteiger partial charge < -0.3 is 15.4 Å². The molecule has 0 saturated heterocycles. The van der Waals surface area contributed by atoms with Crippen molar-refractivity contribution in [3.63, 3.8) is 0 Å². The lowest BCUT2D eigenvalue weighted by atomic mass is 9.81. The van der Waals surface area contributed by atoms with Crippen molar-refractivity contribution in [3.8, 4) is 0 Å². The van der Waals surface area contributed by atoms with E-state index in [-0.39, 0.29) is 17.5 Å². The van der Waals surface area contributed by atoms with Gasteiger partial charge in [-0.15, -0.1) is 0 Å². The lowest BCUT2D eigenvalue weighted by Gasteiger charge is -2.30. The maximum Gasteiger partial charge on any atom is 0.315 e. The molecule has 1 aromatic rings. The standard InChI is InChI=1S/C16H29N5O2/c1-11(2)16(3,4)10-17-15(22)18-12-6-7-14-19-13(9-23-5)20-21(14)8-12/h11-12H,6-10H2,1-5H3,(H2,17,18,22). The third-order valence-corrected chi connectivity index (χ3v) is 4.78. The topological polar surface area (TPSA) is 81.1 Å². The van der Waals surface area contributed by atoms with E-state index < -0.39 is 0 Å². The molecule has 0 fully saturated rings. The van der Waals surface area contributed by atoms with E-state index >= 15 is 0 Å². The summed E-state index contributed by atoms with van der Waals surface area (Å²) in [6, 6.07) is -0.0221. The molecule has 1 aromatic heterocycles. The van der Waals surface area contributed by atoms with Crippen LogP contribution in [0.4, 0.5) is 4.79 Å². The van der Waals surface area contributed by atoms with E-state index in [4.69, 9.17) is 4.74 Å². The molecular weight excluding hydrogens is 294 g/mol. The van der Waals surface area contributed by atoms with E-state index in [1.54, 1.807) is 7.11 Å². The van der Waals surface area contributed by atoms with Crippen LogP contribution in [-0.4, -0.2) is 40.5 Å². The zero-order valence-electron chi connectivity index (χ0n) is 14.8. The van der Waals surface area contributed by atoms with Gasteiger partial charge >= 0.3 is 6.03 Å². The van der Waals surface area contributed by atoms with Crippen LogP contribution in [0.25, 0.3) is 0 Å². The van der Waals surface area contributed by atoms with Crippen LogP contribution in [0.3, 0.4) is 0 Å². The number of methoxy groups -OCH3 is 1. The number of ether oxygens (including phenoxy) is 1. The second-order valence-corrected chi connectivity index (χ2v) is 7.27. The number of hydrogen-bond donors (Lipinski definition) is 2. The molecule has 0 spiro atoms. The minimum absolute atomic E-state index is 0.0814. The fourth-order valence-corrected chi connectivity index (χ4v) is 2.42. The average molecular weight is 323 g/mol. The third kappa shape index (κ3) is 4.67. The number of nitrogens with one attached hydrogen (secondary N) is 2. The van der Waals surface area contributed by atoms with Crippen LogP contribution >= 0.6 is 0 Å². The molecule has 1 atom stereocenters. The van der Waals surface area contributed by atoms with Crippen molar-refractivity contribution in [1.29, 1.82) is 0 Å². The predicted molar refractivity (Wildman–Crippen MR) is 88.0 cm³/mol. The normalized spacial score (nSPS) is 17.9. The van der Waals surface area contributed by atoms with Crippen molar-refractivity contribution in [1.82, 2.24) is 25.4 Å². The van der Waals surface area contributed by atoms with Crippen LogP contribution in [-0.2, 0) is 24.3 Å². The highest BCUT2D eigenvalue weighted by atomic mass is 16.5. The van der Waals surface area contributed by atoms with Gasteiger partial charge in [0.15, 0.2) is 5.82 Å². The van der Waals surface area contributed by atoms with Gasteiger partial charge in [0.25, 0.3) is 0 Å². The van der Waals surface area contributed by atoms with Crippen LogP contribution < -0.4 is 10.6 Å². The molecule has 130 valence electrons. The Hall–Kier alpha value is -1.63. The summed E-state index contributed by atoms with van der Waals surface area (Å²) in [7, 11) is 1.63. The van der Waals surface area contributed by atoms with E-state index in [2.05, 4.69) is 48.4 Å². The highest BCUT2D eigenvalue weighted by Crippen LogP contribution is 2.24. The van der Waals surface area contributed by atoms with Crippen molar-refractivity contribution in [2.24, 2.45) is 11.3 Å². The highest BCUT2D eigenvalue weighted by molar-refractivity contribution is 5.74.